The highest BCUT2D eigenvalue weighted by molar-refractivity contribution is 6.02. The maximum Gasteiger partial charge on any atom is 0.143 e. The molecule has 0 radical (unpaired) electrons. The van der Waals surface area contributed by atoms with Crippen molar-refractivity contribution in [2.75, 3.05) is 4.90 Å². The van der Waals surface area contributed by atoms with Gasteiger partial charge in [0.25, 0.3) is 0 Å². The van der Waals surface area contributed by atoms with Crippen molar-refractivity contribution in [3.8, 4) is 22.5 Å². The molecule has 0 aliphatic rings. The predicted molar refractivity (Wildman–Crippen MR) is 177 cm³/mol. The highest BCUT2D eigenvalue weighted by Crippen LogP contribution is 2.43. The number of furan rings is 1. The largest absolute Gasteiger partial charge is 0.455 e. The lowest BCUT2D eigenvalue weighted by Crippen LogP contribution is -2.10. The smallest absolute Gasteiger partial charge is 0.143 e. The Balaban J connectivity index is 1.34. The molecule has 2 nitrogen and oxygen atoms in total. The van der Waals surface area contributed by atoms with Crippen LogP contribution in [0.5, 0.6) is 0 Å². The van der Waals surface area contributed by atoms with Crippen LogP contribution in [0.4, 0.5) is 17.1 Å². The van der Waals surface area contributed by atoms with Crippen molar-refractivity contribution < 1.29 is 4.42 Å². The Morgan fingerprint density at radius 1 is 0.381 bits per heavy atom. The van der Waals surface area contributed by atoms with Crippen LogP contribution in [0, 0.1) is 0 Å². The molecular formula is C40H27NO. The molecule has 42 heavy (non-hydrogen) atoms. The van der Waals surface area contributed by atoms with Crippen LogP contribution in [-0.2, 0) is 0 Å². The monoisotopic (exact) mass is 537 g/mol. The van der Waals surface area contributed by atoms with Gasteiger partial charge >= 0.3 is 0 Å². The fraction of sp³-hybridized carbons (Fsp3) is 0. The van der Waals surface area contributed by atoms with Crippen LogP contribution < -0.4 is 4.90 Å². The second kappa shape index (κ2) is 10.1. The molecule has 0 spiro atoms. The number of rotatable bonds is 5. The van der Waals surface area contributed by atoms with Gasteiger partial charge in [0.15, 0.2) is 0 Å². The number of benzene rings is 7. The van der Waals surface area contributed by atoms with Gasteiger partial charge in [0.1, 0.15) is 11.3 Å². The average molecular weight is 538 g/mol. The molecule has 0 saturated heterocycles. The van der Waals surface area contributed by atoms with E-state index in [0.29, 0.717) is 0 Å². The molecule has 0 aliphatic carbocycles. The molecule has 1 heterocycles. The standard InChI is InChI=1S/C40H27NO/c1-2-13-30(14-3-1)39-37-19-8-9-20-38(37)42-40(39)33-17-10-18-34(27-33)41(35-23-21-28-11-4-6-15-31(28)25-35)36-24-22-29-12-5-7-16-32(29)26-36/h1-27H. The summed E-state index contributed by atoms with van der Waals surface area (Å²) in [5.41, 5.74) is 7.46. The summed E-state index contributed by atoms with van der Waals surface area (Å²) in [6.45, 7) is 0. The number of hydrogen-bond acceptors (Lipinski definition) is 2. The van der Waals surface area contributed by atoms with Crippen molar-refractivity contribution in [3.05, 3.63) is 164 Å². The lowest BCUT2D eigenvalue weighted by Gasteiger charge is -2.26. The van der Waals surface area contributed by atoms with E-state index in [1.54, 1.807) is 0 Å². The molecule has 0 amide bonds. The summed E-state index contributed by atoms with van der Waals surface area (Å²) in [7, 11) is 0. The van der Waals surface area contributed by atoms with E-state index in [4.69, 9.17) is 4.42 Å². The van der Waals surface area contributed by atoms with E-state index in [2.05, 4.69) is 157 Å². The third-order valence-electron chi connectivity index (χ3n) is 8.01. The number of hydrogen-bond donors (Lipinski definition) is 0. The van der Waals surface area contributed by atoms with Gasteiger partial charge in [0.05, 0.1) is 0 Å². The molecular weight excluding hydrogens is 510 g/mol. The molecule has 0 bridgehead atoms. The fourth-order valence-corrected chi connectivity index (χ4v) is 6.01. The van der Waals surface area contributed by atoms with Gasteiger partial charge in [-0.05, 0) is 69.6 Å². The van der Waals surface area contributed by atoms with E-state index in [-0.39, 0.29) is 0 Å². The molecule has 7 aromatic carbocycles. The zero-order valence-corrected chi connectivity index (χ0v) is 22.9. The van der Waals surface area contributed by atoms with Gasteiger partial charge in [-0.15, -0.1) is 0 Å². The van der Waals surface area contributed by atoms with Crippen molar-refractivity contribution >= 4 is 49.6 Å². The zero-order chi connectivity index (χ0) is 27.9. The van der Waals surface area contributed by atoms with Gasteiger partial charge in [0.2, 0.25) is 0 Å². The third kappa shape index (κ3) is 4.22. The second-order valence-electron chi connectivity index (χ2n) is 10.6. The minimum absolute atomic E-state index is 0.876. The summed E-state index contributed by atoms with van der Waals surface area (Å²) in [5, 5.41) is 5.98. The van der Waals surface area contributed by atoms with Crippen molar-refractivity contribution in [1.82, 2.24) is 0 Å². The number of fused-ring (bicyclic) bond motifs is 3. The van der Waals surface area contributed by atoms with Gasteiger partial charge in [0, 0.05) is 33.6 Å². The van der Waals surface area contributed by atoms with E-state index in [1.165, 1.54) is 21.5 Å². The minimum Gasteiger partial charge on any atom is -0.455 e. The van der Waals surface area contributed by atoms with Crippen molar-refractivity contribution in [2.45, 2.75) is 0 Å². The van der Waals surface area contributed by atoms with Crippen LogP contribution in [0.3, 0.4) is 0 Å². The van der Waals surface area contributed by atoms with Crippen LogP contribution in [0.15, 0.2) is 168 Å². The van der Waals surface area contributed by atoms with E-state index in [9.17, 15) is 0 Å². The molecule has 0 aliphatic heterocycles. The molecule has 2 heteroatoms. The quantitative estimate of drug-likeness (QED) is 0.217. The molecule has 0 fully saturated rings. The lowest BCUT2D eigenvalue weighted by atomic mass is 9.98. The molecule has 0 N–H and O–H groups in total. The zero-order valence-electron chi connectivity index (χ0n) is 22.9. The van der Waals surface area contributed by atoms with Gasteiger partial charge in [-0.2, -0.15) is 0 Å². The second-order valence-corrected chi connectivity index (χ2v) is 10.6. The summed E-state index contributed by atoms with van der Waals surface area (Å²) in [6.07, 6.45) is 0. The van der Waals surface area contributed by atoms with E-state index >= 15 is 0 Å². The lowest BCUT2D eigenvalue weighted by molar-refractivity contribution is 0.632. The Labute approximate surface area is 244 Å². The molecule has 8 rings (SSSR count). The first-order chi connectivity index (χ1) is 20.8. The first-order valence-corrected chi connectivity index (χ1v) is 14.3. The predicted octanol–water partition coefficient (Wildman–Crippen LogP) is 11.5. The maximum atomic E-state index is 6.58. The normalized spacial score (nSPS) is 11.3. The van der Waals surface area contributed by atoms with Crippen LogP contribution in [0.25, 0.3) is 55.0 Å². The first-order valence-electron chi connectivity index (χ1n) is 14.3. The van der Waals surface area contributed by atoms with E-state index < -0.39 is 0 Å². The Bertz CT molecular complexity index is 2130. The van der Waals surface area contributed by atoms with Crippen LogP contribution >= 0.6 is 0 Å². The van der Waals surface area contributed by atoms with Gasteiger partial charge in [-0.3, -0.25) is 0 Å². The molecule has 8 aromatic rings. The van der Waals surface area contributed by atoms with Crippen molar-refractivity contribution in [3.63, 3.8) is 0 Å². The van der Waals surface area contributed by atoms with E-state index in [1.807, 2.05) is 12.1 Å². The molecule has 1 aromatic heterocycles. The van der Waals surface area contributed by atoms with Crippen LogP contribution in [0.1, 0.15) is 0 Å². The van der Waals surface area contributed by atoms with Crippen LogP contribution in [0.2, 0.25) is 0 Å². The maximum absolute atomic E-state index is 6.58. The van der Waals surface area contributed by atoms with Crippen molar-refractivity contribution in [2.24, 2.45) is 0 Å². The fourth-order valence-electron chi connectivity index (χ4n) is 6.01. The SMILES string of the molecule is c1ccc(-c2c(-c3cccc(N(c4ccc5ccccc5c4)c4ccc5ccccc5c4)c3)oc3ccccc23)cc1. The van der Waals surface area contributed by atoms with Gasteiger partial charge < -0.3 is 9.32 Å². The molecule has 0 unspecified atom stereocenters. The van der Waals surface area contributed by atoms with Gasteiger partial charge in [-0.25, -0.2) is 0 Å². The van der Waals surface area contributed by atoms with E-state index in [0.717, 1.165) is 50.5 Å². The van der Waals surface area contributed by atoms with Gasteiger partial charge in [-0.1, -0.05) is 121 Å². The Morgan fingerprint density at radius 2 is 0.929 bits per heavy atom. The number of nitrogens with zero attached hydrogens (tertiary/aromatic N) is 1. The summed E-state index contributed by atoms with van der Waals surface area (Å²) >= 11 is 0. The Hall–Kier alpha value is -5.60. The highest BCUT2D eigenvalue weighted by Gasteiger charge is 2.20. The summed E-state index contributed by atoms with van der Waals surface area (Å²) in [5.74, 6) is 0.876. The number of anilines is 3. The van der Waals surface area contributed by atoms with Crippen molar-refractivity contribution in [1.29, 1.82) is 0 Å². The summed E-state index contributed by atoms with van der Waals surface area (Å²) in [4.78, 5) is 2.34. The minimum atomic E-state index is 0.876. The Morgan fingerprint density at radius 3 is 1.62 bits per heavy atom. The van der Waals surface area contributed by atoms with Crippen LogP contribution in [-0.4, -0.2) is 0 Å². The Kier molecular flexibility index (Phi) is 5.82. The third-order valence-corrected chi connectivity index (χ3v) is 8.01. The summed E-state index contributed by atoms with van der Waals surface area (Å²) < 4.78 is 6.58. The highest BCUT2D eigenvalue weighted by atomic mass is 16.3. The first kappa shape index (κ1) is 24.2. The summed E-state index contributed by atoms with van der Waals surface area (Å²) in [6, 6.07) is 57.9. The molecule has 198 valence electrons. The average Bonchev–Trinajstić information content (AvgIpc) is 3.45. The molecule has 0 atom stereocenters. The topological polar surface area (TPSA) is 16.4 Å². The number of para-hydroxylation sites is 1. The molecule has 0 saturated carbocycles.